The van der Waals surface area contributed by atoms with Crippen LogP contribution in [-0.2, 0) is 12.6 Å². The number of benzene rings is 2. The van der Waals surface area contributed by atoms with Crippen molar-refractivity contribution in [2.24, 2.45) is 11.3 Å². The van der Waals surface area contributed by atoms with E-state index in [-0.39, 0.29) is 39.8 Å². The van der Waals surface area contributed by atoms with Crippen molar-refractivity contribution in [2.75, 3.05) is 11.9 Å². The van der Waals surface area contributed by atoms with Crippen LogP contribution in [0.1, 0.15) is 40.9 Å². The first kappa shape index (κ1) is 24.0. The summed E-state index contributed by atoms with van der Waals surface area (Å²) in [6.07, 6.45) is -0.913. The molecule has 6 rings (SSSR count). The average Bonchev–Trinajstić information content (AvgIpc) is 2.79. The number of aromatic nitrogens is 2. The predicted octanol–water partition coefficient (Wildman–Crippen LogP) is 4.96. The maximum Gasteiger partial charge on any atom is 0.433 e. The van der Waals surface area contributed by atoms with Gasteiger partial charge in [0.25, 0.3) is 5.91 Å². The Labute approximate surface area is 204 Å². The zero-order valence-electron chi connectivity index (χ0n) is 19.1. The molecule has 2 aromatic carbocycles. The number of phenolic OH excluding ortho intramolecular Hbond substituents is 1. The SMILES string of the molecule is O=C(NCC(Cc1ccc(F)cc1)C12CC(Nc3cc(C(F)(F)F)ncn3)(C1)C2)c1ccccc1O. The molecule has 1 unspecified atom stereocenters. The minimum Gasteiger partial charge on any atom is -0.507 e. The van der Waals surface area contributed by atoms with Crippen LogP contribution in [0.4, 0.5) is 23.4 Å². The van der Waals surface area contributed by atoms with Crippen LogP contribution in [0.5, 0.6) is 5.75 Å². The lowest BCUT2D eigenvalue weighted by Gasteiger charge is -2.73. The number of hydrogen-bond donors (Lipinski definition) is 3. The Hall–Kier alpha value is -3.69. The van der Waals surface area contributed by atoms with E-state index in [2.05, 4.69) is 20.6 Å². The molecule has 6 nitrogen and oxygen atoms in total. The fourth-order valence-electron chi connectivity index (χ4n) is 5.67. The molecule has 2 bridgehead atoms. The Morgan fingerprint density at radius 3 is 2.42 bits per heavy atom. The number of amides is 1. The summed E-state index contributed by atoms with van der Waals surface area (Å²) in [6, 6.07) is 13.4. The maximum absolute atomic E-state index is 13.4. The van der Waals surface area contributed by atoms with Gasteiger partial charge < -0.3 is 15.7 Å². The van der Waals surface area contributed by atoms with Crippen molar-refractivity contribution < 1.29 is 27.5 Å². The molecule has 3 aliphatic rings. The highest BCUT2D eigenvalue weighted by molar-refractivity contribution is 5.96. The first-order valence-electron chi connectivity index (χ1n) is 11.6. The van der Waals surface area contributed by atoms with E-state index in [1.54, 1.807) is 24.3 Å². The molecule has 0 spiro atoms. The van der Waals surface area contributed by atoms with Crippen molar-refractivity contribution in [3.05, 3.63) is 83.6 Å². The van der Waals surface area contributed by atoms with Crippen LogP contribution in [-0.4, -0.2) is 33.1 Å². The molecule has 3 aromatic rings. The zero-order chi connectivity index (χ0) is 25.6. The summed E-state index contributed by atoms with van der Waals surface area (Å²) in [5, 5.41) is 16.1. The summed E-state index contributed by atoms with van der Waals surface area (Å²) in [5.74, 6) is -0.690. The molecule has 3 aliphatic carbocycles. The molecule has 0 aliphatic heterocycles. The normalized spacial score (nSPS) is 23.2. The topological polar surface area (TPSA) is 87.1 Å². The molecule has 1 aromatic heterocycles. The Kier molecular flexibility index (Phi) is 5.84. The lowest BCUT2D eigenvalue weighted by Crippen LogP contribution is -2.74. The largest absolute Gasteiger partial charge is 0.507 e. The van der Waals surface area contributed by atoms with E-state index in [1.165, 1.54) is 24.3 Å². The minimum absolute atomic E-state index is 0.0116. The van der Waals surface area contributed by atoms with Crippen LogP contribution < -0.4 is 10.6 Å². The summed E-state index contributed by atoms with van der Waals surface area (Å²) in [4.78, 5) is 19.9. The van der Waals surface area contributed by atoms with Gasteiger partial charge >= 0.3 is 6.18 Å². The second-order valence-electron chi connectivity index (χ2n) is 9.84. The summed E-state index contributed by atoms with van der Waals surface area (Å²) < 4.78 is 52.4. The molecule has 0 radical (unpaired) electrons. The number of rotatable bonds is 8. The minimum atomic E-state index is -4.55. The molecule has 36 heavy (non-hydrogen) atoms. The quantitative estimate of drug-likeness (QED) is 0.381. The summed E-state index contributed by atoms with van der Waals surface area (Å²) in [7, 11) is 0. The van der Waals surface area contributed by atoms with E-state index in [1.807, 2.05) is 0 Å². The molecule has 0 saturated heterocycles. The van der Waals surface area contributed by atoms with E-state index in [9.17, 15) is 27.5 Å². The lowest BCUT2D eigenvalue weighted by molar-refractivity contribution is -0.158. The van der Waals surface area contributed by atoms with Crippen LogP contribution in [0.2, 0.25) is 0 Å². The molecule has 3 saturated carbocycles. The Morgan fingerprint density at radius 1 is 1.06 bits per heavy atom. The summed E-state index contributed by atoms with van der Waals surface area (Å²) >= 11 is 0. The van der Waals surface area contributed by atoms with Gasteiger partial charge in [-0.05, 0) is 66.8 Å². The average molecular weight is 500 g/mol. The van der Waals surface area contributed by atoms with Gasteiger partial charge in [-0.15, -0.1) is 0 Å². The van der Waals surface area contributed by atoms with Crippen LogP contribution in [0.3, 0.4) is 0 Å². The Bertz CT molecular complexity index is 1260. The number of carbonyl (C=O) groups excluding carboxylic acids is 1. The molecule has 188 valence electrons. The van der Waals surface area contributed by atoms with Crippen LogP contribution in [0.25, 0.3) is 0 Å². The Balaban J connectivity index is 1.28. The van der Waals surface area contributed by atoms with Gasteiger partial charge in [0, 0.05) is 18.2 Å². The van der Waals surface area contributed by atoms with Crippen molar-refractivity contribution in [3.8, 4) is 5.75 Å². The zero-order valence-corrected chi connectivity index (χ0v) is 19.1. The fraction of sp³-hybridized carbons (Fsp3) is 0.346. The van der Waals surface area contributed by atoms with Gasteiger partial charge in [-0.3, -0.25) is 4.79 Å². The van der Waals surface area contributed by atoms with E-state index in [0.29, 0.717) is 32.2 Å². The van der Waals surface area contributed by atoms with E-state index >= 15 is 0 Å². The van der Waals surface area contributed by atoms with Gasteiger partial charge in [-0.1, -0.05) is 24.3 Å². The van der Waals surface area contributed by atoms with Crippen molar-refractivity contribution in [2.45, 2.75) is 37.4 Å². The van der Waals surface area contributed by atoms with Crippen molar-refractivity contribution >= 4 is 11.7 Å². The highest BCUT2D eigenvalue weighted by Crippen LogP contribution is 2.71. The van der Waals surface area contributed by atoms with E-state index in [0.717, 1.165) is 18.0 Å². The van der Waals surface area contributed by atoms with E-state index < -0.39 is 17.8 Å². The van der Waals surface area contributed by atoms with Crippen LogP contribution in [0.15, 0.2) is 60.9 Å². The lowest BCUT2D eigenvalue weighted by atomic mass is 9.35. The number of nitrogens with zero attached hydrogens (tertiary/aromatic N) is 2. The van der Waals surface area contributed by atoms with E-state index in [4.69, 9.17) is 0 Å². The number of aromatic hydroxyl groups is 1. The second kappa shape index (κ2) is 8.76. The van der Waals surface area contributed by atoms with Gasteiger partial charge in [0.1, 0.15) is 29.4 Å². The highest BCUT2D eigenvalue weighted by atomic mass is 19.4. The van der Waals surface area contributed by atoms with Crippen molar-refractivity contribution in [1.29, 1.82) is 0 Å². The Morgan fingerprint density at radius 2 is 1.75 bits per heavy atom. The van der Waals surface area contributed by atoms with Gasteiger partial charge in [-0.25, -0.2) is 14.4 Å². The number of carbonyl (C=O) groups is 1. The monoisotopic (exact) mass is 500 g/mol. The van der Waals surface area contributed by atoms with Gasteiger partial charge in [0.05, 0.1) is 5.56 Å². The molecule has 1 atom stereocenters. The summed E-state index contributed by atoms with van der Waals surface area (Å²) in [6.45, 7) is 0.340. The first-order valence-corrected chi connectivity index (χ1v) is 11.6. The van der Waals surface area contributed by atoms with Gasteiger partial charge in [0.15, 0.2) is 0 Å². The molecule has 10 heteroatoms. The number of anilines is 1. The van der Waals surface area contributed by atoms with Gasteiger partial charge in [0.2, 0.25) is 0 Å². The number of phenols is 1. The molecule has 3 fully saturated rings. The number of halogens is 4. The van der Waals surface area contributed by atoms with Gasteiger partial charge in [-0.2, -0.15) is 13.2 Å². The molecule has 1 amide bonds. The third-order valence-corrected chi connectivity index (χ3v) is 7.34. The second-order valence-corrected chi connectivity index (χ2v) is 9.84. The van der Waals surface area contributed by atoms with Crippen LogP contribution >= 0.6 is 0 Å². The maximum atomic E-state index is 13.4. The first-order chi connectivity index (χ1) is 17.1. The predicted molar refractivity (Wildman–Crippen MR) is 124 cm³/mol. The fourth-order valence-corrected chi connectivity index (χ4v) is 5.67. The van der Waals surface area contributed by atoms with Crippen molar-refractivity contribution in [3.63, 3.8) is 0 Å². The number of nitrogens with one attached hydrogen (secondary N) is 2. The summed E-state index contributed by atoms with van der Waals surface area (Å²) in [5.41, 5.74) is -0.358. The molecule has 3 N–H and O–H groups in total. The van der Waals surface area contributed by atoms with Crippen LogP contribution in [0, 0.1) is 17.2 Å². The molecular weight excluding hydrogens is 476 g/mol. The smallest absolute Gasteiger partial charge is 0.433 e. The number of para-hydroxylation sites is 1. The standard InChI is InChI=1S/C26H24F4N4O2/c27-18-7-5-16(6-8-18)9-17(11-31-23(36)19-3-1-2-4-20(19)35)24-12-25(13-24,14-24)34-22-10-21(26(28,29)30)32-15-33-22/h1-8,10,15,17,35H,9,11-14H2,(H,31,36)(H,32,33,34). The molecule has 1 heterocycles. The number of hydrogen-bond acceptors (Lipinski definition) is 5. The number of alkyl halides is 3. The highest BCUT2D eigenvalue weighted by Gasteiger charge is 2.70. The molecular formula is C26H24F4N4O2. The third kappa shape index (κ3) is 4.59. The third-order valence-electron chi connectivity index (χ3n) is 7.34. The van der Waals surface area contributed by atoms with Crippen molar-refractivity contribution in [1.82, 2.24) is 15.3 Å².